The van der Waals surface area contributed by atoms with E-state index >= 15 is 0 Å². The van der Waals surface area contributed by atoms with Gasteiger partial charge in [0.1, 0.15) is 18.2 Å². The average molecular weight is 281 g/mol. The molecule has 0 radical (unpaired) electrons. The van der Waals surface area contributed by atoms with Crippen molar-refractivity contribution >= 4 is 11.6 Å². The van der Waals surface area contributed by atoms with Crippen molar-refractivity contribution in [3.05, 3.63) is 36.2 Å². The van der Waals surface area contributed by atoms with Gasteiger partial charge in [-0.2, -0.15) is 5.26 Å². The van der Waals surface area contributed by atoms with Crippen molar-refractivity contribution in [3.8, 4) is 6.07 Å². The highest BCUT2D eigenvalue weighted by Gasteiger charge is 2.21. The Kier molecular flexibility index (Phi) is 3.60. The van der Waals surface area contributed by atoms with Crippen LogP contribution in [0.3, 0.4) is 0 Å². The summed E-state index contributed by atoms with van der Waals surface area (Å²) in [6, 6.07) is 4.08. The number of piperazine rings is 1. The van der Waals surface area contributed by atoms with Gasteiger partial charge in [0, 0.05) is 50.3 Å². The van der Waals surface area contributed by atoms with Gasteiger partial charge in [-0.1, -0.05) is 0 Å². The summed E-state index contributed by atoms with van der Waals surface area (Å²) in [4.78, 5) is 21.1. The lowest BCUT2D eigenvalue weighted by molar-refractivity contribution is 0.639. The Balaban J connectivity index is 1.72. The summed E-state index contributed by atoms with van der Waals surface area (Å²) in [7, 11) is 0. The molecule has 1 fully saturated rings. The molecule has 1 aliphatic heterocycles. The molecule has 0 amide bonds. The summed E-state index contributed by atoms with van der Waals surface area (Å²) in [5.74, 6) is 1.61. The average Bonchev–Trinajstić information content (AvgIpc) is 2.55. The zero-order chi connectivity index (χ0) is 14.7. The van der Waals surface area contributed by atoms with Crippen LogP contribution in [0.4, 0.5) is 11.6 Å². The second kappa shape index (κ2) is 5.71. The van der Waals surface area contributed by atoms with Crippen LogP contribution in [0.15, 0.2) is 24.8 Å². The van der Waals surface area contributed by atoms with Crippen molar-refractivity contribution in [1.82, 2.24) is 19.9 Å². The molecule has 3 heterocycles. The second-order valence-corrected chi connectivity index (χ2v) is 4.83. The van der Waals surface area contributed by atoms with Crippen LogP contribution in [0.1, 0.15) is 11.4 Å². The third-order valence-electron chi connectivity index (χ3n) is 3.48. The lowest BCUT2D eigenvalue weighted by atomic mass is 10.2. The van der Waals surface area contributed by atoms with Crippen LogP contribution in [-0.4, -0.2) is 46.1 Å². The van der Waals surface area contributed by atoms with Gasteiger partial charge in [-0.25, -0.2) is 19.9 Å². The van der Waals surface area contributed by atoms with E-state index in [0.29, 0.717) is 11.5 Å². The predicted octanol–water partition coefficient (Wildman–Crippen LogP) is 0.773. The maximum absolute atomic E-state index is 9.10. The molecule has 1 saturated heterocycles. The molecule has 3 rings (SSSR count). The molecule has 2 aromatic rings. The van der Waals surface area contributed by atoms with Gasteiger partial charge in [0.2, 0.25) is 0 Å². The maximum Gasteiger partial charge on any atom is 0.183 e. The van der Waals surface area contributed by atoms with Gasteiger partial charge in [0.05, 0.1) is 0 Å². The first-order valence-corrected chi connectivity index (χ1v) is 6.77. The van der Waals surface area contributed by atoms with Crippen molar-refractivity contribution in [3.63, 3.8) is 0 Å². The Labute approximate surface area is 122 Å². The monoisotopic (exact) mass is 281 g/mol. The van der Waals surface area contributed by atoms with Gasteiger partial charge >= 0.3 is 0 Å². The molecule has 2 aromatic heterocycles. The van der Waals surface area contributed by atoms with Gasteiger partial charge in [-0.3, -0.25) is 0 Å². The Morgan fingerprint density at radius 2 is 1.71 bits per heavy atom. The molecule has 0 N–H and O–H groups in total. The fourth-order valence-electron chi connectivity index (χ4n) is 2.40. The predicted molar refractivity (Wildman–Crippen MR) is 77.9 cm³/mol. The summed E-state index contributed by atoms with van der Waals surface area (Å²) in [6.45, 7) is 5.20. The van der Waals surface area contributed by atoms with E-state index in [0.717, 1.165) is 37.7 Å². The number of aryl methyl sites for hydroxylation is 1. The minimum atomic E-state index is 0.379. The largest absolute Gasteiger partial charge is 0.353 e. The molecule has 0 aliphatic carbocycles. The van der Waals surface area contributed by atoms with Crippen LogP contribution in [0.25, 0.3) is 0 Å². The summed E-state index contributed by atoms with van der Waals surface area (Å²) < 4.78 is 0. The summed E-state index contributed by atoms with van der Waals surface area (Å²) in [5, 5.41) is 9.10. The molecule has 0 aromatic carbocycles. The number of nitrogens with zero attached hydrogens (tertiary/aromatic N) is 7. The van der Waals surface area contributed by atoms with Crippen molar-refractivity contribution < 1.29 is 0 Å². The van der Waals surface area contributed by atoms with E-state index in [-0.39, 0.29) is 0 Å². The minimum absolute atomic E-state index is 0.379. The van der Waals surface area contributed by atoms with E-state index in [1.807, 2.05) is 13.0 Å². The van der Waals surface area contributed by atoms with Crippen molar-refractivity contribution in [2.24, 2.45) is 0 Å². The van der Waals surface area contributed by atoms with Gasteiger partial charge < -0.3 is 9.80 Å². The molecule has 106 valence electrons. The van der Waals surface area contributed by atoms with Gasteiger partial charge in [-0.15, -0.1) is 0 Å². The summed E-state index contributed by atoms with van der Waals surface area (Å²) in [6.07, 6.45) is 4.76. The Bertz CT molecular complexity index is 671. The fourth-order valence-corrected chi connectivity index (χ4v) is 2.40. The van der Waals surface area contributed by atoms with Crippen molar-refractivity contribution in [2.45, 2.75) is 6.92 Å². The zero-order valence-electron chi connectivity index (χ0n) is 11.8. The number of rotatable bonds is 2. The molecule has 0 spiro atoms. The van der Waals surface area contributed by atoms with Crippen LogP contribution < -0.4 is 9.80 Å². The maximum atomic E-state index is 9.10. The minimum Gasteiger partial charge on any atom is -0.353 e. The SMILES string of the molecule is Cc1cc(N2CCN(c3nccnc3C#N)CC2)ncn1. The van der Waals surface area contributed by atoms with E-state index in [4.69, 9.17) is 5.26 Å². The lowest BCUT2D eigenvalue weighted by Gasteiger charge is -2.36. The van der Waals surface area contributed by atoms with Crippen LogP contribution >= 0.6 is 0 Å². The first kappa shape index (κ1) is 13.2. The van der Waals surface area contributed by atoms with Gasteiger partial charge in [-0.05, 0) is 6.92 Å². The number of nitriles is 1. The zero-order valence-corrected chi connectivity index (χ0v) is 11.8. The normalized spacial score (nSPS) is 14.9. The highest BCUT2D eigenvalue weighted by atomic mass is 15.3. The molecule has 21 heavy (non-hydrogen) atoms. The van der Waals surface area contributed by atoms with Crippen LogP contribution in [0.2, 0.25) is 0 Å². The van der Waals surface area contributed by atoms with Gasteiger partial charge in [0.25, 0.3) is 0 Å². The molecular formula is C14H15N7. The third-order valence-corrected chi connectivity index (χ3v) is 3.48. The number of anilines is 2. The smallest absolute Gasteiger partial charge is 0.183 e. The standard InChI is InChI=1S/C14H15N7/c1-11-8-13(19-10-18-11)20-4-6-21(7-5-20)14-12(9-15)16-2-3-17-14/h2-3,8,10H,4-7H2,1H3. The summed E-state index contributed by atoms with van der Waals surface area (Å²) >= 11 is 0. The first-order chi connectivity index (χ1) is 10.3. The summed E-state index contributed by atoms with van der Waals surface area (Å²) in [5.41, 5.74) is 1.34. The fraction of sp³-hybridized carbons (Fsp3) is 0.357. The third kappa shape index (κ3) is 2.74. The number of aromatic nitrogens is 4. The van der Waals surface area contributed by atoms with E-state index in [9.17, 15) is 0 Å². The van der Waals surface area contributed by atoms with E-state index in [1.165, 1.54) is 0 Å². The second-order valence-electron chi connectivity index (χ2n) is 4.83. The van der Waals surface area contributed by atoms with Crippen LogP contribution in [-0.2, 0) is 0 Å². The Morgan fingerprint density at radius 1 is 1.00 bits per heavy atom. The van der Waals surface area contributed by atoms with Crippen molar-refractivity contribution in [2.75, 3.05) is 36.0 Å². The van der Waals surface area contributed by atoms with E-state index < -0.39 is 0 Å². The molecule has 0 bridgehead atoms. The Morgan fingerprint density at radius 3 is 2.43 bits per heavy atom. The molecule has 7 nitrogen and oxygen atoms in total. The molecule has 0 unspecified atom stereocenters. The molecule has 1 aliphatic rings. The van der Waals surface area contributed by atoms with E-state index in [1.54, 1.807) is 18.7 Å². The molecule has 7 heteroatoms. The molecule has 0 atom stereocenters. The van der Waals surface area contributed by atoms with Gasteiger partial charge in [0.15, 0.2) is 11.5 Å². The van der Waals surface area contributed by atoms with Crippen LogP contribution in [0.5, 0.6) is 0 Å². The first-order valence-electron chi connectivity index (χ1n) is 6.77. The number of hydrogen-bond donors (Lipinski definition) is 0. The quantitative estimate of drug-likeness (QED) is 0.804. The highest BCUT2D eigenvalue weighted by Crippen LogP contribution is 2.19. The lowest BCUT2D eigenvalue weighted by Crippen LogP contribution is -2.47. The topological polar surface area (TPSA) is 81.8 Å². The molecular weight excluding hydrogens is 266 g/mol. The number of hydrogen-bond acceptors (Lipinski definition) is 7. The van der Waals surface area contributed by atoms with Crippen LogP contribution in [0, 0.1) is 18.3 Å². The Hall–Kier alpha value is -2.75. The van der Waals surface area contributed by atoms with E-state index in [2.05, 4.69) is 35.8 Å². The highest BCUT2D eigenvalue weighted by molar-refractivity contribution is 5.51. The van der Waals surface area contributed by atoms with Crippen molar-refractivity contribution in [1.29, 1.82) is 5.26 Å². The molecule has 0 saturated carbocycles.